The van der Waals surface area contributed by atoms with Crippen molar-refractivity contribution >= 4 is 11.5 Å². The summed E-state index contributed by atoms with van der Waals surface area (Å²) in [6.07, 6.45) is 2.43. The van der Waals surface area contributed by atoms with Crippen LogP contribution in [0.15, 0.2) is 30.3 Å². The monoisotopic (exact) mass is 455 g/mol. The summed E-state index contributed by atoms with van der Waals surface area (Å²) in [6.45, 7) is 11.2. The molecule has 8 nitrogen and oxygen atoms in total. The van der Waals surface area contributed by atoms with Gasteiger partial charge in [0.2, 0.25) is 0 Å². The van der Waals surface area contributed by atoms with Gasteiger partial charge in [0.1, 0.15) is 5.75 Å². The SMILES string of the molecule is CC.CCN(C)C(CNC)CN1C2CCC1CN(c1cc(-c3ccccc3O)nnc1N)C2. The Bertz CT molecular complexity index is 879. The van der Waals surface area contributed by atoms with Crippen molar-refractivity contribution in [2.24, 2.45) is 0 Å². The van der Waals surface area contributed by atoms with Gasteiger partial charge in [-0.15, -0.1) is 10.2 Å². The van der Waals surface area contributed by atoms with Crippen LogP contribution in [-0.4, -0.2) is 90.0 Å². The van der Waals surface area contributed by atoms with Crippen molar-refractivity contribution in [2.45, 2.75) is 51.7 Å². The van der Waals surface area contributed by atoms with E-state index in [9.17, 15) is 5.11 Å². The normalized spacial score (nSPS) is 21.1. The number of aromatic nitrogens is 2. The standard InChI is InChI=1S/C23H35N7O.C2H6/c1-4-28(3)18(12-25-2)15-30-16-9-10-17(30)14-29(13-16)21-11-20(26-27-23(21)24)19-7-5-6-8-22(19)31;1-2/h5-8,11,16-18,25,31H,4,9-10,12-15H2,1-3H3,(H2,24,27);1-2H3. The second kappa shape index (κ2) is 11.6. The molecule has 0 radical (unpaired) electrons. The highest BCUT2D eigenvalue weighted by molar-refractivity contribution is 5.74. The number of phenolic OH excluding ortho intramolecular Hbond substituents is 1. The molecule has 33 heavy (non-hydrogen) atoms. The fourth-order valence-corrected chi connectivity index (χ4v) is 5.05. The quantitative estimate of drug-likeness (QED) is 0.559. The summed E-state index contributed by atoms with van der Waals surface area (Å²) in [6, 6.07) is 10.7. The number of hydrogen-bond donors (Lipinski definition) is 3. The minimum atomic E-state index is 0.202. The highest BCUT2D eigenvalue weighted by Crippen LogP contribution is 2.36. The number of nitrogens with zero attached hydrogens (tertiary/aromatic N) is 5. The Kier molecular flexibility index (Phi) is 8.88. The third-order valence-corrected chi connectivity index (χ3v) is 6.94. The van der Waals surface area contributed by atoms with Crippen LogP contribution in [-0.2, 0) is 0 Å². The van der Waals surface area contributed by atoms with Gasteiger partial charge in [0.05, 0.1) is 11.4 Å². The number of para-hydroxylation sites is 1. The minimum Gasteiger partial charge on any atom is -0.507 e. The number of hydrogen-bond acceptors (Lipinski definition) is 8. The lowest BCUT2D eigenvalue weighted by molar-refractivity contribution is 0.112. The van der Waals surface area contributed by atoms with Crippen LogP contribution in [0.5, 0.6) is 5.75 Å². The first kappa shape index (κ1) is 25.2. The summed E-state index contributed by atoms with van der Waals surface area (Å²) in [5.41, 5.74) is 8.50. The zero-order chi connectivity index (χ0) is 24.0. The third kappa shape index (κ3) is 5.57. The molecular formula is C25H41N7O. The summed E-state index contributed by atoms with van der Waals surface area (Å²) >= 11 is 0. The van der Waals surface area contributed by atoms with Crippen molar-refractivity contribution in [1.82, 2.24) is 25.3 Å². The number of phenols is 1. The Labute approximate surface area is 198 Å². The molecule has 2 aliphatic rings. The number of fused-ring (bicyclic) bond motifs is 2. The number of piperazine rings is 1. The largest absolute Gasteiger partial charge is 0.507 e. The van der Waals surface area contributed by atoms with Gasteiger partial charge in [0, 0.05) is 49.9 Å². The molecule has 2 aromatic rings. The smallest absolute Gasteiger partial charge is 0.169 e. The van der Waals surface area contributed by atoms with Crippen molar-refractivity contribution in [3.8, 4) is 17.0 Å². The molecule has 0 saturated carbocycles. The molecule has 2 saturated heterocycles. The molecule has 0 spiro atoms. The van der Waals surface area contributed by atoms with E-state index >= 15 is 0 Å². The molecule has 0 aliphatic carbocycles. The molecule has 1 aromatic carbocycles. The summed E-state index contributed by atoms with van der Waals surface area (Å²) in [4.78, 5) is 7.51. The Morgan fingerprint density at radius 1 is 1.18 bits per heavy atom. The topological polar surface area (TPSA) is 93.8 Å². The molecule has 2 bridgehead atoms. The van der Waals surface area contributed by atoms with Crippen LogP contribution < -0.4 is 16.0 Å². The lowest BCUT2D eigenvalue weighted by atomic mass is 10.1. The zero-order valence-electron chi connectivity index (χ0n) is 20.8. The Hall–Kier alpha value is -2.42. The van der Waals surface area contributed by atoms with Crippen molar-refractivity contribution in [2.75, 3.05) is 57.5 Å². The minimum absolute atomic E-state index is 0.202. The number of rotatable bonds is 8. The number of likely N-dealkylation sites (N-methyl/N-ethyl adjacent to an activating group) is 2. The number of benzene rings is 1. The molecule has 4 N–H and O–H groups in total. The second-order valence-electron chi connectivity index (χ2n) is 8.79. The van der Waals surface area contributed by atoms with Crippen LogP contribution in [0.2, 0.25) is 0 Å². The Morgan fingerprint density at radius 2 is 1.85 bits per heavy atom. The third-order valence-electron chi connectivity index (χ3n) is 6.94. The maximum Gasteiger partial charge on any atom is 0.169 e. The predicted octanol–water partition coefficient (Wildman–Crippen LogP) is 2.65. The van der Waals surface area contributed by atoms with Crippen molar-refractivity contribution in [3.05, 3.63) is 30.3 Å². The van der Waals surface area contributed by atoms with Crippen LogP contribution >= 0.6 is 0 Å². The van der Waals surface area contributed by atoms with Crippen molar-refractivity contribution in [3.63, 3.8) is 0 Å². The molecular weight excluding hydrogens is 414 g/mol. The number of anilines is 2. The number of nitrogens with one attached hydrogen (secondary N) is 1. The van der Waals surface area contributed by atoms with Crippen molar-refractivity contribution < 1.29 is 5.11 Å². The molecule has 3 unspecified atom stereocenters. The van der Waals surface area contributed by atoms with Crippen LogP contribution in [0.3, 0.4) is 0 Å². The average Bonchev–Trinajstić information content (AvgIpc) is 3.06. The van der Waals surface area contributed by atoms with E-state index in [2.05, 4.69) is 44.2 Å². The van der Waals surface area contributed by atoms with Gasteiger partial charge >= 0.3 is 0 Å². The van der Waals surface area contributed by atoms with Crippen LogP contribution in [0.25, 0.3) is 11.3 Å². The van der Waals surface area contributed by atoms with E-state index < -0.39 is 0 Å². The fraction of sp³-hybridized carbons (Fsp3) is 0.600. The van der Waals surface area contributed by atoms with E-state index in [4.69, 9.17) is 5.73 Å². The van der Waals surface area contributed by atoms with Gasteiger partial charge in [-0.1, -0.05) is 32.9 Å². The van der Waals surface area contributed by atoms with Gasteiger partial charge in [-0.05, 0) is 51.7 Å². The van der Waals surface area contributed by atoms with Gasteiger partial charge in [0.15, 0.2) is 5.82 Å². The van der Waals surface area contributed by atoms with E-state index in [1.807, 2.05) is 39.1 Å². The van der Waals surface area contributed by atoms with Crippen LogP contribution in [0.4, 0.5) is 11.5 Å². The van der Waals surface area contributed by atoms with E-state index in [0.29, 0.717) is 35.2 Å². The predicted molar refractivity (Wildman–Crippen MR) is 137 cm³/mol. The highest BCUT2D eigenvalue weighted by atomic mass is 16.3. The molecule has 4 rings (SSSR count). The Morgan fingerprint density at radius 3 is 2.45 bits per heavy atom. The molecule has 3 heterocycles. The molecule has 3 atom stereocenters. The number of aromatic hydroxyl groups is 1. The zero-order valence-corrected chi connectivity index (χ0v) is 20.8. The lowest BCUT2D eigenvalue weighted by Crippen LogP contribution is -2.58. The van der Waals surface area contributed by atoms with E-state index in [0.717, 1.165) is 38.4 Å². The summed E-state index contributed by atoms with van der Waals surface area (Å²) in [5.74, 6) is 0.652. The highest BCUT2D eigenvalue weighted by Gasteiger charge is 2.41. The number of nitrogen functional groups attached to an aromatic ring is 1. The molecule has 182 valence electrons. The first-order chi connectivity index (χ1) is 16.0. The molecule has 8 heteroatoms. The van der Waals surface area contributed by atoms with Gasteiger partial charge in [-0.2, -0.15) is 0 Å². The van der Waals surface area contributed by atoms with E-state index in [1.165, 1.54) is 12.8 Å². The first-order valence-electron chi connectivity index (χ1n) is 12.3. The Balaban J connectivity index is 0.00000149. The fourth-order valence-electron chi connectivity index (χ4n) is 5.05. The van der Waals surface area contributed by atoms with E-state index in [1.54, 1.807) is 12.1 Å². The second-order valence-corrected chi connectivity index (χ2v) is 8.79. The van der Waals surface area contributed by atoms with Crippen molar-refractivity contribution in [1.29, 1.82) is 0 Å². The lowest BCUT2D eigenvalue weighted by Gasteiger charge is -2.44. The van der Waals surface area contributed by atoms with Crippen LogP contribution in [0.1, 0.15) is 33.6 Å². The number of nitrogens with two attached hydrogens (primary N) is 1. The molecule has 1 aromatic heterocycles. The average molecular weight is 456 g/mol. The summed E-state index contributed by atoms with van der Waals surface area (Å²) in [5, 5.41) is 22.0. The van der Waals surface area contributed by atoms with Gasteiger partial charge in [-0.25, -0.2) is 0 Å². The maximum atomic E-state index is 10.2. The summed E-state index contributed by atoms with van der Waals surface area (Å²) in [7, 11) is 4.24. The van der Waals surface area contributed by atoms with Crippen LogP contribution in [0, 0.1) is 0 Å². The molecule has 2 fully saturated rings. The van der Waals surface area contributed by atoms with Gasteiger partial charge in [0.25, 0.3) is 0 Å². The molecule has 2 aliphatic heterocycles. The van der Waals surface area contributed by atoms with Gasteiger partial charge in [-0.3, -0.25) is 4.90 Å². The van der Waals surface area contributed by atoms with E-state index in [-0.39, 0.29) is 5.75 Å². The first-order valence-corrected chi connectivity index (χ1v) is 12.3. The van der Waals surface area contributed by atoms with Gasteiger partial charge < -0.3 is 26.0 Å². The molecule has 0 amide bonds. The maximum absolute atomic E-state index is 10.2. The summed E-state index contributed by atoms with van der Waals surface area (Å²) < 4.78 is 0.